The molecule has 1 aliphatic carbocycles. The Kier molecular flexibility index (Phi) is 11.0. The molecule has 0 radical (unpaired) electrons. The summed E-state index contributed by atoms with van der Waals surface area (Å²) in [7, 11) is 0. The molecule has 0 saturated heterocycles. The Morgan fingerprint density at radius 1 is 0.247 bits per heavy atom. The maximum Gasteiger partial charge on any atom is 0.0541 e. The summed E-state index contributed by atoms with van der Waals surface area (Å²) in [5.41, 5.74) is 22.2. The van der Waals surface area contributed by atoms with Crippen molar-refractivity contribution in [3.63, 3.8) is 0 Å². The van der Waals surface area contributed by atoms with Crippen molar-refractivity contribution in [2.75, 3.05) is 0 Å². The van der Waals surface area contributed by atoms with Crippen molar-refractivity contribution in [1.82, 2.24) is 9.13 Å². The Morgan fingerprint density at radius 2 is 0.588 bits per heavy atom. The zero-order valence-corrected chi connectivity index (χ0v) is 47.3. The summed E-state index contributed by atoms with van der Waals surface area (Å²) in [6.07, 6.45) is 9.05. The number of hydrogen-bond acceptors (Lipinski definition) is 0. The summed E-state index contributed by atoms with van der Waals surface area (Å²) < 4.78 is 4.86. The third-order valence-corrected chi connectivity index (χ3v) is 18.4. The molecular weight excluding hydrogens is 1020 g/mol. The van der Waals surface area contributed by atoms with E-state index < -0.39 is 0 Å². The molecular formula is C83H56N2. The molecule has 0 bridgehead atoms. The second kappa shape index (κ2) is 19.1. The van der Waals surface area contributed by atoms with Gasteiger partial charge in [-0.2, -0.15) is 0 Å². The molecule has 0 amide bonds. The average Bonchev–Trinajstić information content (AvgIpc) is 1.91. The fourth-order valence-corrected chi connectivity index (χ4v) is 14.1. The van der Waals surface area contributed by atoms with Gasteiger partial charge in [-0.05, 0) is 172 Å². The van der Waals surface area contributed by atoms with Crippen LogP contribution in [0.25, 0.3) is 156 Å². The second-order valence-corrected chi connectivity index (χ2v) is 23.7. The lowest BCUT2D eigenvalue weighted by Crippen LogP contribution is -2.15. The first-order chi connectivity index (χ1) is 41.8. The first-order valence-electron chi connectivity index (χ1n) is 29.6. The quantitative estimate of drug-likeness (QED) is 0.134. The van der Waals surface area contributed by atoms with Crippen LogP contribution in [0.4, 0.5) is 0 Å². The molecule has 0 saturated carbocycles. The van der Waals surface area contributed by atoms with Gasteiger partial charge < -0.3 is 9.13 Å². The van der Waals surface area contributed by atoms with Gasteiger partial charge in [-0.25, -0.2) is 0 Å². The Morgan fingerprint density at radius 3 is 1.06 bits per heavy atom. The van der Waals surface area contributed by atoms with Crippen molar-refractivity contribution in [1.29, 1.82) is 0 Å². The molecule has 0 unspecified atom stereocenters. The smallest absolute Gasteiger partial charge is 0.0541 e. The summed E-state index contributed by atoms with van der Waals surface area (Å²) >= 11 is 0. The van der Waals surface area contributed by atoms with Crippen LogP contribution in [0.3, 0.4) is 0 Å². The monoisotopic (exact) mass is 1080 g/mol. The molecule has 16 aromatic rings. The highest BCUT2D eigenvalue weighted by molar-refractivity contribution is 6.13. The van der Waals surface area contributed by atoms with Crippen LogP contribution >= 0.6 is 0 Å². The van der Waals surface area contributed by atoms with Crippen LogP contribution in [-0.4, -0.2) is 9.13 Å². The Labute approximate surface area is 493 Å². The van der Waals surface area contributed by atoms with Gasteiger partial charge >= 0.3 is 0 Å². The van der Waals surface area contributed by atoms with Crippen molar-refractivity contribution >= 4 is 111 Å². The molecule has 0 N–H and O–H groups in total. The van der Waals surface area contributed by atoms with Gasteiger partial charge in [0.15, 0.2) is 0 Å². The standard InChI is InChI=1S/C83H56N2/c1-83(2)75-47-55(27-25-53-29-33-61-49-63(37-35-59(61)45-53)65-39-43-81-73(51-65)71-19-7-9-21-79(71)84(81)77-23-11-15-57-13-3-5-17-67(57)77)31-41-69(75)70-42-32-56(48-76(70)83)28-26-54-30-34-62-50-64(38-36-60(62)46-54)66-40-44-82-74(52-66)72-20-8-10-22-80(72)85(82)78-24-12-16-58-14-4-6-18-68(58)78/h3-52H,1-2H3. The van der Waals surface area contributed by atoms with E-state index in [1.54, 1.807) is 0 Å². The highest BCUT2D eigenvalue weighted by Gasteiger charge is 2.35. The molecule has 398 valence electrons. The zero-order valence-electron chi connectivity index (χ0n) is 47.3. The van der Waals surface area contributed by atoms with E-state index in [2.05, 4.69) is 326 Å². The third kappa shape index (κ3) is 8.01. The highest BCUT2D eigenvalue weighted by Crippen LogP contribution is 2.50. The molecule has 1 aliphatic rings. The maximum absolute atomic E-state index is 2.43. The van der Waals surface area contributed by atoms with E-state index in [0.717, 1.165) is 0 Å². The molecule has 2 heterocycles. The zero-order chi connectivity index (χ0) is 56.3. The average molecular weight is 1080 g/mol. The molecule has 0 aliphatic heterocycles. The second-order valence-electron chi connectivity index (χ2n) is 23.7. The molecule has 0 atom stereocenters. The summed E-state index contributed by atoms with van der Waals surface area (Å²) in [5.74, 6) is 0. The number of nitrogens with zero attached hydrogens (tertiary/aromatic N) is 2. The summed E-state index contributed by atoms with van der Waals surface area (Å²) in [5, 5.41) is 15.0. The van der Waals surface area contributed by atoms with E-state index in [-0.39, 0.29) is 5.41 Å². The van der Waals surface area contributed by atoms with Gasteiger partial charge in [-0.15, -0.1) is 0 Å². The topological polar surface area (TPSA) is 9.86 Å². The van der Waals surface area contributed by atoms with Gasteiger partial charge in [0.25, 0.3) is 0 Å². The van der Waals surface area contributed by atoms with Crippen molar-refractivity contribution in [2.45, 2.75) is 19.3 Å². The van der Waals surface area contributed by atoms with Gasteiger partial charge in [-0.3, -0.25) is 0 Å². The Balaban J connectivity index is 0.599. The third-order valence-electron chi connectivity index (χ3n) is 18.4. The van der Waals surface area contributed by atoms with E-state index in [9.17, 15) is 0 Å². The van der Waals surface area contributed by atoms with E-state index in [4.69, 9.17) is 0 Å². The van der Waals surface area contributed by atoms with E-state index in [0.29, 0.717) is 0 Å². The minimum absolute atomic E-state index is 0.142. The van der Waals surface area contributed by atoms with Gasteiger partial charge in [0, 0.05) is 37.7 Å². The van der Waals surface area contributed by atoms with Gasteiger partial charge in [0.1, 0.15) is 0 Å². The predicted octanol–water partition coefficient (Wildman–Crippen LogP) is 22.5. The lowest BCUT2D eigenvalue weighted by Gasteiger charge is -2.22. The molecule has 14 aromatic carbocycles. The van der Waals surface area contributed by atoms with Crippen LogP contribution in [0.2, 0.25) is 0 Å². The fraction of sp³-hybridized carbons (Fsp3) is 0.0361. The van der Waals surface area contributed by atoms with Crippen LogP contribution in [-0.2, 0) is 5.41 Å². The molecule has 2 aromatic heterocycles. The Hall–Kier alpha value is -10.8. The SMILES string of the molecule is CC1(C)c2cc(C=Cc3ccc4cc(-c5ccc6c(c5)c5ccccc5n6-c5cccc6ccccc56)ccc4c3)ccc2-c2ccc(C=Cc3ccc4cc(-c5ccc6c(c5)c5ccccc5n6-c5cccc6ccccc56)ccc4c3)cc21. The minimum Gasteiger partial charge on any atom is -0.309 e. The number of benzene rings is 14. The lowest BCUT2D eigenvalue weighted by atomic mass is 9.81. The molecule has 85 heavy (non-hydrogen) atoms. The van der Waals surface area contributed by atoms with Crippen molar-refractivity contribution in [3.8, 4) is 44.8 Å². The molecule has 17 rings (SSSR count). The number of para-hydroxylation sites is 2. The summed E-state index contributed by atoms with van der Waals surface area (Å²) in [6, 6.07) is 103. The van der Waals surface area contributed by atoms with E-state index in [1.807, 2.05) is 0 Å². The first-order valence-corrected chi connectivity index (χ1v) is 29.6. The van der Waals surface area contributed by atoms with Crippen molar-refractivity contribution in [2.24, 2.45) is 0 Å². The number of aromatic nitrogens is 2. The Bertz CT molecular complexity index is 5170. The fourth-order valence-electron chi connectivity index (χ4n) is 14.1. The molecule has 0 spiro atoms. The van der Waals surface area contributed by atoms with E-state index >= 15 is 0 Å². The van der Waals surface area contributed by atoms with Crippen molar-refractivity contribution < 1.29 is 0 Å². The molecule has 2 nitrogen and oxygen atoms in total. The summed E-state index contributed by atoms with van der Waals surface area (Å²) in [6.45, 7) is 4.75. The normalized spacial score (nSPS) is 13.1. The predicted molar refractivity (Wildman–Crippen MR) is 364 cm³/mol. The van der Waals surface area contributed by atoms with Crippen LogP contribution in [0.1, 0.15) is 47.2 Å². The van der Waals surface area contributed by atoms with Crippen molar-refractivity contribution in [3.05, 3.63) is 312 Å². The first kappa shape index (κ1) is 48.9. The number of fused-ring (bicyclic) bond motifs is 13. The lowest BCUT2D eigenvalue weighted by molar-refractivity contribution is 0.660. The van der Waals surface area contributed by atoms with Crippen LogP contribution in [0.5, 0.6) is 0 Å². The number of rotatable bonds is 8. The highest BCUT2D eigenvalue weighted by atomic mass is 15.0. The minimum atomic E-state index is -0.142. The van der Waals surface area contributed by atoms with Gasteiger partial charge in [-0.1, -0.05) is 244 Å². The van der Waals surface area contributed by atoms with Gasteiger partial charge in [0.05, 0.1) is 33.4 Å². The van der Waals surface area contributed by atoms with Crippen LogP contribution in [0, 0.1) is 0 Å². The molecule has 0 fully saturated rings. The van der Waals surface area contributed by atoms with E-state index in [1.165, 1.54) is 165 Å². The number of hydrogen-bond donors (Lipinski definition) is 0. The summed E-state index contributed by atoms with van der Waals surface area (Å²) in [4.78, 5) is 0. The van der Waals surface area contributed by atoms with Crippen LogP contribution in [0.15, 0.2) is 279 Å². The largest absolute Gasteiger partial charge is 0.309 e. The maximum atomic E-state index is 2.43. The van der Waals surface area contributed by atoms with Crippen LogP contribution < -0.4 is 0 Å². The van der Waals surface area contributed by atoms with Gasteiger partial charge in [0.2, 0.25) is 0 Å². The molecule has 2 heteroatoms.